The van der Waals surface area contributed by atoms with Gasteiger partial charge in [0, 0.05) is 5.02 Å². The number of carbonyl (C=O) groups is 1. The van der Waals surface area contributed by atoms with Crippen LogP contribution in [0.1, 0.15) is 11.7 Å². The van der Waals surface area contributed by atoms with Gasteiger partial charge in [-0.15, -0.1) is 0 Å². The Bertz CT molecular complexity index is 330. The van der Waals surface area contributed by atoms with Gasteiger partial charge in [0.05, 0.1) is 7.11 Å². The molecule has 0 saturated carbocycles. The minimum Gasteiger partial charge on any atom is -0.467 e. The van der Waals surface area contributed by atoms with E-state index in [0.29, 0.717) is 15.5 Å². The van der Waals surface area contributed by atoms with E-state index in [0.717, 1.165) is 5.56 Å². The maximum atomic E-state index is 11.3. The van der Waals surface area contributed by atoms with Gasteiger partial charge in [0.25, 0.3) is 0 Å². The van der Waals surface area contributed by atoms with Crippen LogP contribution < -0.4 is 0 Å². The fourth-order valence-corrected chi connectivity index (χ4v) is 1.81. The Kier molecular flexibility index (Phi) is 4.12. The molecule has 0 bridgehead atoms. The third kappa shape index (κ3) is 2.57. The second-order valence-electron chi connectivity index (χ2n) is 2.69. The smallest absolute Gasteiger partial charge is 0.338 e. The van der Waals surface area contributed by atoms with E-state index in [1.807, 2.05) is 0 Å². The highest BCUT2D eigenvalue weighted by atomic mass is 35.5. The van der Waals surface area contributed by atoms with Crippen molar-refractivity contribution in [1.29, 1.82) is 0 Å². The number of rotatable bonds is 3. The van der Waals surface area contributed by atoms with Gasteiger partial charge in [0.2, 0.25) is 0 Å². The minimum atomic E-state index is -0.648. The Morgan fingerprint density at radius 3 is 2.79 bits per heavy atom. The average molecular weight is 231 g/mol. The second-order valence-corrected chi connectivity index (χ2v) is 3.60. The van der Waals surface area contributed by atoms with Crippen LogP contribution in [0.25, 0.3) is 0 Å². The normalized spacial score (nSPS) is 12.4. The maximum Gasteiger partial charge on any atom is 0.338 e. The molecule has 0 heterocycles. The van der Waals surface area contributed by atoms with Gasteiger partial charge in [-0.25, -0.2) is 4.79 Å². The first-order valence-electron chi connectivity index (χ1n) is 4.05. The third-order valence-corrected chi connectivity index (χ3v) is 2.51. The lowest BCUT2D eigenvalue weighted by Crippen LogP contribution is -2.16. The van der Waals surface area contributed by atoms with Crippen molar-refractivity contribution in [2.24, 2.45) is 0 Å². The van der Waals surface area contributed by atoms with E-state index in [4.69, 9.17) is 16.0 Å². The Morgan fingerprint density at radius 2 is 2.29 bits per heavy atom. The van der Waals surface area contributed by atoms with Crippen molar-refractivity contribution < 1.29 is 14.0 Å². The molecule has 0 saturated heterocycles. The van der Waals surface area contributed by atoms with Crippen LogP contribution in [-0.4, -0.2) is 23.6 Å². The predicted octanol–water partition coefficient (Wildman–Crippen LogP) is 0.851. The van der Waals surface area contributed by atoms with Crippen molar-refractivity contribution in [2.75, 3.05) is 7.11 Å². The number of carbonyl (C=O) groups excluding carboxylic acids is 1. The molecule has 0 N–H and O–H groups in total. The van der Waals surface area contributed by atoms with E-state index in [9.17, 15) is 4.79 Å². The molecular weight excluding hydrogens is 220 g/mol. The van der Waals surface area contributed by atoms with E-state index in [1.165, 1.54) is 7.11 Å². The Labute approximate surface area is 90.5 Å². The summed E-state index contributed by atoms with van der Waals surface area (Å²) in [5.41, 5.74) is 0.722. The van der Waals surface area contributed by atoms with E-state index < -0.39 is 12.1 Å². The molecule has 0 spiro atoms. The Balaban J connectivity index is 2.94. The molecule has 1 aromatic carbocycles. The fourth-order valence-electron chi connectivity index (χ4n) is 1.15. The fraction of sp³-hybridized carbons (Fsp3) is 0.222. The van der Waals surface area contributed by atoms with Crippen LogP contribution in [0.3, 0.4) is 0 Å². The second kappa shape index (κ2) is 5.14. The summed E-state index contributed by atoms with van der Waals surface area (Å²) >= 11 is 5.80. The molecule has 1 atom stereocenters. The van der Waals surface area contributed by atoms with Crippen molar-refractivity contribution in [1.82, 2.24) is 0 Å². The third-order valence-electron chi connectivity index (χ3n) is 1.80. The van der Waals surface area contributed by atoms with Crippen molar-refractivity contribution >= 4 is 28.1 Å². The van der Waals surface area contributed by atoms with Crippen LogP contribution in [0.5, 0.6) is 0 Å². The van der Waals surface area contributed by atoms with Crippen molar-refractivity contribution in [2.45, 2.75) is 6.10 Å². The number of ether oxygens (including phenoxy) is 1. The number of hydrogen-bond acceptors (Lipinski definition) is 3. The van der Waals surface area contributed by atoms with Crippen LogP contribution >= 0.6 is 11.6 Å². The van der Waals surface area contributed by atoms with Crippen LogP contribution in [0.15, 0.2) is 24.3 Å². The summed E-state index contributed by atoms with van der Waals surface area (Å²) in [6.45, 7) is 0. The highest BCUT2D eigenvalue weighted by Gasteiger charge is 2.19. The lowest BCUT2D eigenvalue weighted by molar-refractivity contribution is -0.149. The minimum absolute atomic E-state index is 0.401. The van der Waals surface area contributed by atoms with Crippen LogP contribution in [0.2, 0.25) is 5.02 Å². The number of benzene rings is 1. The van der Waals surface area contributed by atoms with E-state index in [-0.39, 0.29) is 0 Å². The number of esters is 1. The lowest BCUT2D eigenvalue weighted by Gasteiger charge is -2.13. The standard InChI is InChI=1S/C9H11ClO3Si/c1-12-9(11)8(13-14)6-3-2-4-7(10)5-6/h2-5,8H,1,14H3. The van der Waals surface area contributed by atoms with Crippen LogP contribution in [0.4, 0.5) is 0 Å². The quantitative estimate of drug-likeness (QED) is 0.571. The van der Waals surface area contributed by atoms with Crippen LogP contribution in [0, 0.1) is 0 Å². The van der Waals surface area contributed by atoms with Crippen molar-refractivity contribution in [3.63, 3.8) is 0 Å². The van der Waals surface area contributed by atoms with Gasteiger partial charge in [-0.3, -0.25) is 0 Å². The molecular formula is C9H11ClO3Si. The summed E-state index contributed by atoms with van der Waals surface area (Å²) in [5.74, 6) is -0.401. The zero-order chi connectivity index (χ0) is 10.6. The van der Waals surface area contributed by atoms with E-state index in [1.54, 1.807) is 24.3 Å². The molecule has 1 aromatic rings. The molecule has 5 heteroatoms. The van der Waals surface area contributed by atoms with Gasteiger partial charge in [-0.2, -0.15) is 0 Å². The Hall–Kier alpha value is -0.843. The van der Waals surface area contributed by atoms with Crippen molar-refractivity contribution in [3.05, 3.63) is 34.9 Å². The zero-order valence-corrected chi connectivity index (χ0v) is 10.7. The summed E-state index contributed by atoms with van der Waals surface area (Å²) in [5, 5.41) is 0.579. The lowest BCUT2D eigenvalue weighted by atomic mass is 10.1. The molecule has 1 rings (SSSR count). The van der Waals surface area contributed by atoms with Crippen LogP contribution in [-0.2, 0) is 14.0 Å². The molecule has 3 nitrogen and oxygen atoms in total. The van der Waals surface area contributed by atoms with Gasteiger partial charge in [0.15, 0.2) is 6.10 Å². The molecule has 76 valence electrons. The molecule has 0 fully saturated rings. The molecule has 0 radical (unpaired) electrons. The largest absolute Gasteiger partial charge is 0.467 e. The Morgan fingerprint density at radius 1 is 1.57 bits per heavy atom. The SMILES string of the molecule is COC(=O)C(O[SiH3])c1cccc(Cl)c1. The summed E-state index contributed by atoms with van der Waals surface area (Å²) in [6, 6.07) is 6.99. The topological polar surface area (TPSA) is 35.5 Å². The van der Waals surface area contributed by atoms with Gasteiger partial charge < -0.3 is 9.16 Å². The van der Waals surface area contributed by atoms with E-state index in [2.05, 4.69) is 4.74 Å². The summed E-state index contributed by atoms with van der Waals surface area (Å²) in [7, 11) is 1.80. The van der Waals surface area contributed by atoms with Gasteiger partial charge in [-0.1, -0.05) is 23.7 Å². The first kappa shape index (κ1) is 11.2. The van der Waals surface area contributed by atoms with Gasteiger partial charge in [0.1, 0.15) is 10.5 Å². The molecule has 0 amide bonds. The van der Waals surface area contributed by atoms with Crippen molar-refractivity contribution in [3.8, 4) is 0 Å². The van der Waals surface area contributed by atoms with Gasteiger partial charge >= 0.3 is 5.97 Å². The molecule has 0 aliphatic rings. The molecule has 1 unspecified atom stereocenters. The molecule has 0 aromatic heterocycles. The zero-order valence-electron chi connectivity index (χ0n) is 7.99. The van der Waals surface area contributed by atoms with Gasteiger partial charge in [-0.05, 0) is 17.7 Å². The molecule has 0 aliphatic heterocycles. The number of hydrogen-bond donors (Lipinski definition) is 0. The first-order chi connectivity index (χ1) is 6.69. The maximum absolute atomic E-state index is 11.3. The summed E-state index contributed by atoms with van der Waals surface area (Å²) in [4.78, 5) is 11.3. The average Bonchev–Trinajstić information content (AvgIpc) is 2.19. The summed E-state index contributed by atoms with van der Waals surface area (Å²) in [6.07, 6.45) is -0.648. The van der Waals surface area contributed by atoms with E-state index >= 15 is 0 Å². The highest BCUT2D eigenvalue weighted by molar-refractivity contribution is 6.30. The molecule has 14 heavy (non-hydrogen) atoms. The number of halogens is 1. The molecule has 0 aliphatic carbocycles. The highest BCUT2D eigenvalue weighted by Crippen LogP contribution is 2.20. The summed E-state index contributed by atoms with van der Waals surface area (Å²) < 4.78 is 9.76. The predicted molar refractivity (Wildman–Crippen MR) is 57.2 cm³/mol. The first-order valence-corrected chi connectivity index (χ1v) is 5.24. The number of methoxy groups -OCH3 is 1. The monoisotopic (exact) mass is 230 g/mol.